The summed E-state index contributed by atoms with van der Waals surface area (Å²) in [5.74, 6) is 0.188. The van der Waals surface area contributed by atoms with Gasteiger partial charge < -0.3 is 18.6 Å². The average Bonchev–Trinajstić information content (AvgIpc) is 2.96. The highest BCUT2D eigenvalue weighted by molar-refractivity contribution is 6.64. The molecule has 3 rings (SSSR count). The fourth-order valence-corrected chi connectivity index (χ4v) is 3.22. The number of carbonyl (C=O) groups is 1. The second-order valence-corrected chi connectivity index (χ2v) is 7.44. The second-order valence-electron chi connectivity index (χ2n) is 7.44. The zero-order chi connectivity index (χ0) is 19.3. The number of hydrogen-bond donors (Lipinski definition) is 0. The van der Waals surface area contributed by atoms with E-state index in [1.165, 1.54) is 7.11 Å². The molecule has 0 amide bonds. The molecule has 1 fully saturated rings. The predicted molar refractivity (Wildman–Crippen MR) is 97.9 cm³/mol. The van der Waals surface area contributed by atoms with Gasteiger partial charge in [-0.25, -0.2) is 9.78 Å². The van der Waals surface area contributed by atoms with Crippen LogP contribution in [-0.4, -0.2) is 45.9 Å². The first kappa shape index (κ1) is 18.6. The van der Waals surface area contributed by atoms with Crippen LogP contribution in [0, 0.1) is 13.8 Å². The standard InChI is InChI=1S/C18H24BN3O4/c1-11-14(16(23)24-7)15(19-25-17(3,4)18(5,6)26-19)12(2)22(11)13-10-20-8-9-21-13/h8-10H,1-7H3. The van der Waals surface area contributed by atoms with Gasteiger partial charge in [0, 0.05) is 29.2 Å². The molecule has 0 bridgehead atoms. The zero-order valence-corrected chi connectivity index (χ0v) is 16.3. The van der Waals surface area contributed by atoms with E-state index in [9.17, 15) is 4.79 Å². The largest absolute Gasteiger partial charge is 0.497 e. The summed E-state index contributed by atoms with van der Waals surface area (Å²) in [6.07, 6.45) is 4.86. The third-order valence-corrected chi connectivity index (χ3v) is 5.35. The summed E-state index contributed by atoms with van der Waals surface area (Å²) in [6.45, 7) is 11.7. The van der Waals surface area contributed by atoms with Crippen molar-refractivity contribution in [3.63, 3.8) is 0 Å². The van der Waals surface area contributed by atoms with Crippen LogP contribution in [0.5, 0.6) is 0 Å². The van der Waals surface area contributed by atoms with E-state index in [1.807, 2.05) is 46.1 Å². The SMILES string of the molecule is COC(=O)c1c(B2OC(C)(C)C(C)(C)O2)c(C)n(-c2cnccn2)c1C. The van der Waals surface area contributed by atoms with E-state index in [4.69, 9.17) is 14.0 Å². The number of hydrogen-bond acceptors (Lipinski definition) is 6. The Kier molecular flexibility index (Phi) is 4.44. The normalized spacial score (nSPS) is 18.2. The molecule has 0 atom stereocenters. The van der Waals surface area contributed by atoms with Gasteiger partial charge in [0.05, 0.1) is 30.1 Å². The number of aromatic nitrogens is 3. The summed E-state index contributed by atoms with van der Waals surface area (Å²) in [5, 5.41) is 0. The van der Waals surface area contributed by atoms with Crippen LogP contribution in [-0.2, 0) is 14.0 Å². The lowest BCUT2D eigenvalue weighted by atomic mass is 9.76. The van der Waals surface area contributed by atoms with Crippen molar-refractivity contribution in [1.82, 2.24) is 14.5 Å². The van der Waals surface area contributed by atoms with Gasteiger partial charge in [0.1, 0.15) is 0 Å². The fourth-order valence-electron chi connectivity index (χ4n) is 3.22. The molecule has 2 aromatic heterocycles. The van der Waals surface area contributed by atoms with E-state index in [2.05, 4.69) is 9.97 Å². The Labute approximate surface area is 153 Å². The van der Waals surface area contributed by atoms with Gasteiger partial charge >= 0.3 is 13.1 Å². The maximum absolute atomic E-state index is 12.5. The van der Waals surface area contributed by atoms with Gasteiger partial charge in [0.25, 0.3) is 0 Å². The quantitative estimate of drug-likeness (QED) is 0.618. The molecule has 0 N–H and O–H groups in total. The molecular formula is C18H24BN3O4. The summed E-state index contributed by atoms with van der Waals surface area (Å²) in [7, 11) is 0.691. The van der Waals surface area contributed by atoms with Crippen LogP contribution >= 0.6 is 0 Å². The number of methoxy groups -OCH3 is 1. The Morgan fingerprint density at radius 2 is 1.73 bits per heavy atom. The summed E-state index contributed by atoms with van der Waals surface area (Å²) < 4.78 is 19.3. The van der Waals surface area contributed by atoms with Gasteiger partial charge in [0.2, 0.25) is 0 Å². The molecule has 0 saturated carbocycles. The number of rotatable bonds is 3. The van der Waals surface area contributed by atoms with Crippen LogP contribution in [0.25, 0.3) is 5.82 Å². The molecule has 2 aromatic rings. The lowest BCUT2D eigenvalue weighted by molar-refractivity contribution is 0.00578. The third kappa shape index (κ3) is 2.73. The molecule has 0 spiro atoms. The first-order chi connectivity index (χ1) is 12.1. The summed E-state index contributed by atoms with van der Waals surface area (Å²) >= 11 is 0. The summed E-state index contributed by atoms with van der Waals surface area (Å²) in [6, 6.07) is 0. The summed E-state index contributed by atoms with van der Waals surface area (Å²) in [4.78, 5) is 21.0. The minimum atomic E-state index is -0.675. The van der Waals surface area contributed by atoms with E-state index >= 15 is 0 Å². The monoisotopic (exact) mass is 357 g/mol. The zero-order valence-electron chi connectivity index (χ0n) is 16.3. The Bertz CT molecular complexity index is 830. The Balaban J connectivity index is 2.21. The van der Waals surface area contributed by atoms with Crippen molar-refractivity contribution in [2.75, 3.05) is 7.11 Å². The topological polar surface area (TPSA) is 75.5 Å². The first-order valence-electron chi connectivity index (χ1n) is 8.53. The summed E-state index contributed by atoms with van der Waals surface area (Å²) in [5.41, 5.74) is 1.59. The van der Waals surface area contributed by atoms with Gasteiger partial charge in [-0.2, -0.15) is 0 Å². The van der Waals surface area contributed by atoms with Crippen LogP contribution < -0.4 is 5.46 Å². The molecule has 1 saturated heterocycles. The molecule has 26 heavy (non-hydrogen) atoms. The molecule has 0 radical (unpaired) electrons. The molecule has 7 nitrogen and oxygen atoms in total. The number of nitrogens with zero attached hydrogens (tertiary/aromatic N) is 3. The van der Waals surface area contributed by atoms with Crippen LogP contribution in [0.15, 0.2) is 18.6 Å². The lowest BCUT2D eigenvalue weighted by Gasteiger charge is -2.32. The van der Waals surface area contributed by atoms with Gasteiger partial charge in [-0.15, -0.1) is 0 Å². The van der Waals surface area contributed by atoms with Crippen molar-refractivity contribution in [3.8, 4) is 5.82 Å². The van der Waals surface area contributed by atoms with E-state index < -0.39 is 24.3 Å². The van der Waals surface area contributed by atoms with Crippen molar-refractivity contribution < 1.29 is 18.8 Å². The van der Waals surface area contributed by atoms with Crippen molar-refractivity contribution in [1.29, 1.82) is 0 Å². The van der Waals surface area contributed by atoms with Crippen LogP contribution in [0.3, 0.4) is 0 Å². The highest BCUT2D eigenvalue weighted by atomic mass is 16.7. The highest BCUT2D eigenvalue weighted by Crippen LogP contribution is 2.37. The molecule has 8 heteroatoms. The molecule has 1 aliphatic rings. The minimum absolute atomic E-state index is 0.432. The Hall–Kier alpha value is -2.19. The molecule has 0 aliphatic carbocycles. The average molecular weight is 357 g/mol. The third-order valence-electron chi connectivity index (χ3n) is 5.35. The van der Waals surface area contributed by atoms with Gasteiger partial charge in [-0.3, -0.25) is 4.98 Å². The second kappa shape index (κ2) is 6.21. The van der Waals surface area contributed by atoms with Gasteiger partial charge in [0.15, 0.2) is 5.82 Å². The smallest absolute Gasteiger partial charge is 0.465 e. The van der Waals surface area contributed by atoms with Crippen molar-refractivity contribution in [2.45, 2.75) is 52.7 Å². The molecule has 3 heterocycles. The van der Waals surface area contributed by atoms with Crippen molar-refractivity contribution in [2.24, 2.45) is 0 Å². The molecule has 0 unspecified atom stereocenters. The fraction of sp³-hybridized carbons (Fsp3) is 0.500. The van der Waals surface area contributed by atoms with Crippen LogP contribution in [0.1, 0.15) is 49.4 Å². The number of carbonyl (C=O) groups excluding carboxylic acids is 1. The predicted octanol–water partition coefficient (Wildman–Crippen LogP) is 1.97. The van der Waals surface area contributed by atoms with E-state index in [-0.39, 0.29) is 0 Å². The molecular weight excluding hydrogens is 333 g/mol. The van der Waals surface area contributed by atoms with Crippen LogP contribution in [0.2, 0.25) is 0 Å². The molecule has 138 valence electrons. The number of ether oxygens (including phenoxy) is 1. The van der Waals surface area contributed by atoms with Crippen molar-refractivity contribution in [3.05, 3.63) is 35.5 Å². The Morgan fingerprint density at radius 3 is 2.23 bits per heavy atom. The van der Waals surface area contributed by atoms with E-state index in [0.29, 0.717) is 22.5 Å². The molecule has 1 aliphatic heterocycles. The van der Waals surface area contributed by atoms with Crippen molar-refractivity contribution >= 4 is 18.6 Å². The Morgan fingerprint density at radius 1 is 1.12 bits per heavy atom. The van der Waals surface area contributed by atoms with Crippen LogP contribution in [0.4, 0.5) is 0 Å². The van der Waals surface area contributed by atoms with Gasteiger partial charge in [-0.05, 0) is 41.5 Å². The number of esters is 1. The maximum atomic E-state index is 12.5. The first-order valence-corrected chi connectivity index (χ1v) is 8.53. The van der Waals surface area contributed by atoms with E-state index in [1.54, 1.807) is 18.6 Å². The van der Waals surface area contributed by atoms with Gasteiger partial charge in [-0.1, -0.05) is 0 Å². The lowest BCUT2D eigenvalue weighted by Crippen LogP contribution is -2.41. The highest BCUT2D eigenvalue weighted by Gasteiger charge is 2.54. The minimum Gasteiger partial charge on any atom is -0.465 e. The molecule has 0 aromatic carbocycles. The maximum Gasteiger partial charge on any atom is 0.497 e. The van der Waals surface area contributed by atoms with E-state index in [0.717, 1.165) is 5.69 Å².